The fourth-order valence-electron chi connectivity index (χ4n) is 6.67. The molecule has 0 radical (unpaired) electrons. The summed E-state index contributed by atoms with van der Waals surface area (Å²) in [5, 5.41) is 6.28. The molecule has 4 nitrogen and oxygen atoms in total. The summed E-state index contributed by atoms with van der Waals surface area (Å²) in [6.45, 7) is 0. The maximum atomic E-state index is 10.5. The molecule has 1 fully saturated rings. The first-order valence-electron chi connectivity index (χ1n) is 17.3. The van der Waals surface area contributed by atoms with Crippen molar-refractivity contribution in [3.8, 4) is 22.5 Å². The number of aryl methyl sites for hydroxylation is 2. The van der Waals surface area contributed by atoms with Crippen molar-refractivity contribution >= 4 is 98.6 Å². The molecule has 0 N–H and O–H groups in total. The van der Waals surface area contributed by atoms with E-state index in [1.54, 1.807) is 22.8 Å². The third kappa shape index (κ3) is 11.3. The molecule has 3 aromatic carbocycles. The fraction of sp³-hybridized carbons (Fsp3) is 0.238. The Bertz CT molecular complexity index is 2290. The van der Waals surface area contributed by atoms with E-state index < -0.39 is 12.3 Å². The van der Waals surface area contributed by atoms with E-state index in [1.807, 2.05) is 48.0 Å². The number of fused-ring (bicyclic) bond motifs is 5. The van der Waals surface area contributed by atoms with Crippen LogP contribution in [0.5, 0.6) is 0 Å². The van der Waals surface area contributed by atoms with Crippen LogP contribution in [0.1, 0.15) is 62.8 Å². The van der Waals surface area contributed by atoms with Gasteiger partial charge in [0.25, 0.3) is 0 Å². The quantitative estimate of drug-likeness (QED) is 0.139. The van der Waals surface area contributed by atoms with Gasteiger partial charge in [0.15, 0.2) is 0 Å². The molecule has 274 valence electrons. The van der Waals surface area contributed by atoms with Gasteiger partial charge in [0.2, 0.25) is 0 Å². The number of benzene rings is 3. The van der Waals surface area contributed by atoms with Gasteiger partial charge in [-0.25, -0.2) is 0 Å². The monoisotopic (exact) mass is 855 g/mol. The second kappa shape index (κ2) is 19.9. The fourth-order valence-corrected chi connectivity index (χ4v) is 8.32. The Labute approximate surface area is 340 Å². The first-order valence-corrected chi connectivity index (χ1v) is 27.1. The first kappa shape index (κ1) is 41.6. The number of pyridine rings is 3. The predicted octanol–water partition coefficient (Wildman–Crippen LogP) is 14.5. The predicted molar refractivity (Wildman–Crippen MR) is 230 cm³/mol. The van der Waals surface area contributed by atoms with E-state index in [4.69, 9.17) is 42.2 Å². The van der Waals surface area contributed by atoms with Crippen LogP contribution in [-0.2, 0) is 30.0 Å². The van der Waals surface area contributed by atoms with Crippen molar-refractivity contribution in [2.24, 2.45) is 0 Å². The van der Waals surface area contributed by atoms with Crippen LogP contribution in [0.15, 0.2) is 115 Å². The molecule has 2 aliphatic rings. The standard InChI is InChI=1S/C21H17NS.C14H10N2S.C6H10O.CH4.4ClH.Ti/c1-2-7-15-14(6-1)12-13-22-20(15)18-10-5-9-17-16-8-3-4-11-19(16)23-21(17)18;17-13-9-15-7-6-12(13)14-11-4-2-1-3-10(11)5-8-16-14;7-6-4-2-1-3-5-6;;;;;;/h1-2,5-7,9-10,12-13H,3-4,8,11H2;1-9,17H;1-5H2;1H4;4*1H;/q;;;;;;;;+4/p-4. The molecule has 0 bridgehead atoms. The minimum absolute atomic E-state index is 0. The van der Waals surface area contributed by atoms with Crippen molar-refractivity contribution in [2.75, 3.05) is 0 Å². The molecule has 0 saturated heterocycles. The third-order valence-corrected chi connectivity index (χ3v) is 10.7. The Morgan fingerprint density at radius 2 is 1.15 bits per heavy atom. The number of hydrogen-bond acceptors (Lipinski definition) is 6. The van der Waals surface area contributed by atoms with Gasteiger partial charge in [-0.2, -0.15) is 0 Å². The van der Waals surface area contributed by atoms with Crippen molar-refractivity contribution in [1.82, 2.24) is 15.0 Å². The van der Waals surface area contributed by atoms with Gasteiger partial charge < -0.3 is 0 Å². The minimum Gasteiger partial charge on any atom is -0.256 e. The molecule has 53 heavy (non-hydrogen) atoms. The zero-order valence-corrected chi connectivity index (χ0v) is 34.7. The molecule has 1 saturated carbocycles. The van der Waals surface area contributed by atoms with Crippen LogP contribution in [0, 0.1) is 0 Å². The number of Topliss-reactive ketones (excluding diaryl/α,β-unsaturated/α-hetero) is 1. The van der Waals surface area contributed by atoms with Crippen LogP contribution >= 0.6 is 61.2 Å². The molecule has 9 rings (SSSR count). The zero-order chi connectivity index (χ0) is 36.5. The molecule has 0 aliphatic heterocycles. The number of ketones is 1. The average Bonchev–Trinajstić information content (AvgIpc) is 3.54. The van der Waals surface area contributed by atoms with Crippen molar-refractivity contribution in [3.05, 3.63) is 120 Å². The van der Waals surface area contributed by atoms with Gasteiger partial charge in [-0.05, 0) is 78.4 Å². The van der Waals surface area contributed by atoms with E-state index in [-0.39, 0.29) is 7.43 Å². The molecule has 0 spiro atoms. The number of hydrogen-bond donors (Lipinski definition) is 1. The van der Waals surface area contributed by atoms with Gasteiger partial charge in [0.05, 0.1) is 11.4 Å². The maximum Gasteiger partial charge on any atom is 0.0794 e. The van der Waals surface area contributed by atoms with Gasteiger partial charge >= 0.3 is 49.6 Å². The molecular weight excluding hydrogens is 816 g/mol. The number of rotatable bonds is 2. The first-order chi connectivity index (χ1) is 25.2. The Hall–Kier alpha value is -2.52. The summed E-state index contributed by atoms with van der Waals surface area (Å²) in [4.78, 5) is 26.2. The number of thiophene rings is 1. The molecule has 7 aromatic rings. The number of aromatic nitrogens is 3. The second-order valence-corrected chi connectivity index (χ2v) is 29.6. The number of carbonyl (C=O) groups is 1. The number of carbonyl (C=O) groups excluding carboxylic acids is 1. The topological polar surface area (TPSA) is 55.7 Å². The molecule has 0 unspecified atom stereocenters. The minimum atomic E-state index is -3.11. The summed E-state index contributed by atoms with van der Waals surface area (Å²) < 4.78 is 1.42. The zero-order valence-electron chi connectivity index (χ0n) is 28.4. The second-order valence-electron chi connectivity index (χ2n) is 12.6. The number of thiol groups is 1. The van der Waals surface area contributed by atoms with E-state index in [1.165, 1.54) is 63.9 Å². The van der Waals surface area contributed by atoms with Crippen molar-refractivity contribution in [2.45, 2.75) is 70.1 Å². The number of nitrogens with zero attached hydrogens (tertiary/aromatic N) is 3. The molecule has 4 aromatic heterocycles. The average molecular weight is 858 g/mol. The van der Waals surface area contributed by atoms with Crippen LogP contribution in [0.25, 0.3) is 54.1 Å². The summed E-state index contributed by atoms with van der Waals surface area (Å²) >= 11 is 3.31. The van der Waals surface area contributed by atoms with E-state index in [2.05, 4.69) is 83.3 Å². The molecule has 0 atom stereocenters. The summed E-state index contributed by atoms with van der Waals surface area (Å²) in [5.41, 5.74) is 5.97. The van der Waals surface area contributed by atoms with E-state index >= 15 is 0 Å². The van der Waals surface area contributed by atoms with E-state index in [0.29, 0.717) is 5.78 Å². The van der Waals surface area contributed by atoms with Crippen molar-refractivity contribution in [3.63, 3.8) is 0 Å². The SMILES string of the molecule is C.O=C1CCCCC1.Sc1cnccc1-c1nccc2ccccc12.[Cl][Ti]([Cl])([Cl])[Cl].c1ccc2c(-c3cccc4c5c(sc34)CCCC5)nccc2c1. The van der Waals surface area contributed by atoms with Crippen molar-refractivity contribution < 1.29 is 17.1 Å². The van der Waals surface area contributed by atoms with E-state index in [9.17, 15) is 4.79 Å². The van der Waals surface area contributed by atoms with Crippen LogP contribution in [0.3, 0.4) is 0 Å². The Balaban J connectivity index is 0.000000158. The summed E-state index contributed by atoms with van der Waals surface area (Å²) in [7, 11) is 20.1. The van der Waals surface area contributed by atoms with Crippen LogP contribution in [-0.4, -0.2) is 20.7 Å². The molecule has 4 heterocycles. The molecular formula is C42H41Cl4N3OS2Ti. The van der Waals surface area contributed by atoms with E-state index in [0.717, 1.165) is 52.9 Å². The van der Waals surface area contributed by atoms with Crippen molar-refractivity contribution in [1.29, 1.82) is 0 Å². The normalized spacial score (nSPS) is 13.7. The largest absolute Gasteiger partial charge is 0.256 e. The Morgan fingerprint density at radius 1 is 0.604 bits per heavy atom. The molecule has 0 amide bonds. The molecule has 2 aliphatic carbocycles. The van der Waals surface area contributed by atoms with Gasteiger partial charge in [0.1, 0.15) is 5.78 Å². The smallest absolute Gasteiger partial charge is 0.0794 e. The molecule has 11 heteroatoms. The van der Waals surface area contributed by atoms with Crippen LogP contribution < -0.4 is 0 Å². The summed E-state index contributed by atoms with van der Waals surface area (Å²) in [6, 6.07) is 29.5. The Morgan fingerprint density at radius 3 is 1.74 bits per heavy atom. The maximum absolute atomic E-state index is 10.5. The Kier molecular flexibility index (Phi) is 15.6. The van der Waals surface area contributed by atoms with Gasteiger partial charge in [-0.15, -0.1) is 24.0 Å². The third-order valence-electron chi connectivity index (χ3n) is 9.05. The summed E-state index contributed by atoms with van der Waals surface area (Å²) in [6.07, 6.45) is 17.6. The van der Waals surface area contributed by atoms with Crippen LogP contribution in [0.4, 0.5) is 0 Å². The van der Waals surface area contributed by atoms with Gasteiger partial charge in [-0.1, -0.05) is 80.6 Å². The van der Waals surface area contributed by atoms with Gasteiger partial charge in [-0.3, -0.25) is 19.7 Å². The summed E-state index contributed by atoms with van der Waals surface area (Å²) in [5.74, 6) is 0.464. The van der Waals surface area contributed by atoms with Gasteiger partial charge in [0, 0.05) is 74.0 Å². The number of halogens is 4. The van der Waals surface area contributed by atoms with Crippen LogP contribution in [0.2, 0.25) is 0 Å².